The summed E-state index contributed by atoms with van der Waals surface area (Å²) in [5, 5.41) is 12.1. The van der Waals surface area contributed by atoms with E-state index in [1.165, 1.54) is 0 Å². The van der Waals surface area contributed by atoms with Crippen LogP contribution in [0.3, 0.4) is 0 Å². The van der Waals surface area contributed by atoms with E-state index < -0.39 is 5.60 Å². The van der Waals surface area contributed by atoms with Crippen molar-refractivity contribution in [1.82, 2.24) is 5.32 Å². The van der Waals surface area contributed by atoms with Gasteiger partial charge < -0.3 is 10.4 Å². The van der Waals surface area contributed by atoms with E-state index in [-0.39, 0.29) is 0 Å². The highest BCUT2D eigenvalue weighted by Gasteiger charge is 2.14. The minimum Gasteiger partial charge on any atom is -0.389 e. The van der Waals surface area contributed by atoms with Crippen LogP contribution in [0.2, 0.25) is 0 Å². The molecule has 2 N–H and O–H groups in total. The first-order valence-electron chi connectivity index (χ1n) is 2.78. The van der Waals surface area contributed by atoms with Crippen molar-refractivity contribution in [2.24, 2.45) is 0 Å². The van der Waals surface area contributed by atoms with Gasteiger partial charge in [-0.25, -0.2) is 0 Å². The maximum absolute atomic E-state index is 9.20. The molecule has 1 atom stereocenters. The van der Waals surface area contributed by atoms with Gasteiger partial charge in [0.25, 0.3) is 0 Å². The van der Waals surface area contributed by atoms with Crippen molar-refractivity contribution in [2.75, 3.05) is 13.6 Å². The van der Waals surface area contributed by atoms with E-state index in [0.717, 1.165) is 0 Å². The highest BCUT2D eigenvalue weighted by atomic mass is 16.3. The predicted molar refractivity (Wildman–Crippen MR) is 34.5 cm³/mol. The molecule has 2 nitrogen and oxygen atoms in total. The van der Waals surface area contributed by atoms with E-state index in [4.69, 9.17) is 0 Å². The number of likely N-dealkylation sites (N-methyl/N-ethyl adjacent to an activating group) is 1. The Morgan fingerprint density at radius 1 is 1.75 bits per heavy atom. The van der Waals surface area contributed by atoms with Crippen LogP contribution in [0, 0.1) is 6.92 Å². The molecule has 8 heavy (non-hydrogen) atoms. The van der Waals surface area contributed by atoms with E-state index in [2.05, 4.69) is 12.2 Å². The molecule has 0 spiro atoms. The summed E-state index contributed by atoms with van der Waals surface area (Å²) in [5.41, 5.74) is -0.630. The van der Waals surface area contributed by atoms with Crippen LogP contribution in [0.4, 0.5) is 0 Å². The summed E-state index contributed by atoms with van der Waals surface area (Å²) in [7, 11) is 1.81. The Balaban J connectivity index is 3.37. The predicted octanol–water partition coefficient (Wildman–Crippen LogP) is 0.181. The number of aliphatic hydroxyl groups is 1. The lowest BCUT2D eigenvalue weighted by molar-refractivity contribution is 0.0643. The van der Waals surface area contributed by atoms with Gasteiger partial charge in [0.15, 0.2) is 0 Å². The molecule has 0 fully saturated rings. The molecule has 0 saturated heterocycles. The van der Waals surface area contributed by atoms with Crippen LogP contribution in [0.25, 0.3) is 0 Å². The zero-order chi connectivity index (χ0) is 6.62. The summed E-state index contributed by atoms with van der Waals surface area (Å²) in [6, 6.07) is 0. The van der Waals surface area contributed by atoms with E-state index in [1.807, 2.05) is 7.05 Å². The molecule has 0 aliphatic carbocycles. The van der Waals surface area contributed by atoms with E-state index in [1.54, 1.807) is 6.92 Å². The largest absolute Gasteiger partial charge is 0.389 e. The van der Waals surface area contributed by atoms with Crippen LogP contribution in [0.15, 0.2) is 0 Å². The number of rotatable bonds is 3. The lowest BCUT2D eigenvalue weighted by Crippen LogP contribution is -2.35. The van der Waals surface area contributed by atoms with E-state index in [9.17, 15) is 5.11 Å². The zero-order valence-corrected chi connectivity index (χ0v) is 5.57. The minimum absolute atomic E-state index is 0.549. The van der Waals surface area contributed by atoms with Gasteiger partial charge in [0, 0.05) is 6.54 Å². The van der Waals surface area contributed by atoms with Crippen LogP contribution in [0.5, 0.6) is 0 Å². The molecular weight excluding hydrogens is 102 g/mol. The van der Waals surface area contributed by atoms with Gasteiger partial charge >= 0.3 is 0 Å². The van der Waals surface area contributed by atoms with Crippen molar-refractivity contribution in [3.05, 3.63) is 6.92 Å². The molecule has 0 aliphatic heterocycles. The highest BCUT2D eigenvalue weighted by Crippen LogP contribution is 2.04. The minimum atomic E-state index is -0.630. The van der Waals surface area contributed by atoms with Gasteiger partial charge in [0.2, 0.25) is 0 Å². The summed E-state index contributed by atoms with van der Waals surface area (Å²) in [6.07, 6.45) is 0.549. The maximum atomic E-state index is 9.20. The Bertz CT molecular complexity index is 61.5. The molecule has 0 aliphatic rings. The van der Waals surface area contributed by atoms with E-state index >= 15 is 0 Å². The second kappa shape index (κ2) is 3.05. The fourth-order valence-electron chi connectivity index (χ4n) is 0.469. The van der Waals surface area contributed by atoms with Crippen molar-refractivity contribution in [2.45, 2.75) is 18.9 Å². The lowest BCUT2D eigenvalue weighted by Gasteiger charge is -2.19. The zero-order valence-electron chi connectivity index (χ0n) is 5.57. The summed E-state index contributed by atoms with van der Waals surface area (Å²) in [4.78, 5) is 0. The lowest BCUT2D eigenvalue weighted by atomic mass is 10.0. The van der Waals surface area contributed by atoms with Gasteiger partial charge in [0.05, 0.1) is 5.60 Å². The van der Waals surface area contributed by atoms with Gasteiger partial charge in [-0.15, -0.1) is 0 Å². The molecule has 0 aromatic carbocycles. The Morgan fingerprint density at radius 3 is 2.38 bits per heavy atom. The first-order chi connectivity index (χ1) is 3.62. The number of hydrogen-bond donors (Lipinski definition) is 2. The molecule has 1 unspecified atom stereocenters. The normalized spacial score (nSPS) is 18.0. The van der Waals surface area contributed by atoms with Gasteiger partial charge in [-0.2, -0.15) is 0 Å². The monoisotopic (exact) mass is 116 g/mol. The quantitative estimate of drug-likeness (QED) is 0.551. The third kappa shape index (κ3) is 2.99. The summed E-state index contributed by atoms with van der Waals surface area (Å²) in [6.45, 7) is 5.95. The van der Waals surface area contributed by atoms with E-state index in [0.29, 0.717) is 13.0 Å². The molecule has 0 aromatic rings. The van der Waals surface area contributed by atoms with Gasteiger partial charge in [-0.1, -0.05) is 6.92 Å². The molecule has 2 heteroatoms. The topological polar surface area (TPSA) is 32.3 Å². The summed E-state index contributed by atoms with van der Waals surface area (Å²) in [5.74, 6) is 0. The maximum Gasteiger partial charge on any atom is 0.0743 e. The van der Waals surface area contributed by atoms with Crippen LogP contribution < -0.4 is 5.32 Å². The molecule has 0 bridgehead atoms. The summed E-state index contributed by atoms with van der Waals surface area (Å²) < 4.78 is 0. The van der Waals surface area contributed by atoms with Gasteiger partial charge in [-0.3, -0.25) is 0 Å². The van der Waals surface area contributed by atoms with Crippen LogP contribution in [-0.2, 0) is 0 Å². The third-order valence-corrected chi connectivity index (χ3v) is 1.10. The van der Waals surface area contributed by atoms with Gasteiger partial charge in [0.1, 0.15) is 0 Å². The summed E-state index contributed by atoms with van der Waals surface area (Å²) >= 11 is 0. The fourth-order valence-corrected chi connectivity index (χ4v) is 0.469. The average Bonchev–Trinajstić information content (AvgIpc) is 1.67. The van der Waals surface area contributed by atoms with Crippen molar-refractivity contribution in [3.8, 4) is 0 Å². The Kier molecular flexibility index (Phi) is 3.02. The fraction of sp³-hybridized carbons (Fsp3) is 0.833. The number of hydrogen-bond acceptors (Lipinski definition) is 2. The number of nitrogens with one attached hydrogen (secondary N) is 1. The van der Waals surface area contributed by atoms with Crippen molar-refractivity contribution < 1.29 is 5.11 Å². The molecule has 49 valence electrons. The Hall–Kier alpha value is -0.0800. The Labute approximate surface area is 50.9 Å². The molecule has 1 radical (unpaired) electrons. The third-order valence-electron chi connectivity index (χ3n) is 1.10. The van der Waals surface area contributed by atoms with Crippen molar-refractivity contribution in [1.29, 1.82) is 0 Å². The molecule has 0 heterocycles. The SMILES string of the molecule is [CH2]CC(C)(O)CNC. The molecule has 0 rings (SSSR count). The van der Waals surface area contributed by atoms with Crippen molar-refractivity contribution in [3.63, 3.8) is 0 Å². The van der Waals surface area contributed by atoms with Gasteiger partial charge in [-0.05, 0) is 20.4 Å². The molecule has 0 aromatic heterocycles. The first-order valence-corrected chi connectivity index (χ1v) is 2.78. The first kappa shape index (κ1) is 7.92. The second-order valence-electron chi connectivity index (χ2n) is 2.28. The highest BCUT2D eigenvalue weighted by molar-refractivity contribution is 4.74. The smallest absolute Gasteiger partial charge is 0.0743 e. The second-order valence-corrected chi connectivity index (χ2v) is 2.28. The standard InChI is InChI=1S/C6H14NO/c1-4-6(2,8)5-7-3/h7-8H,1,4-5H2,2-3H3. The Morgan fingerprint density at radius 2 is 2.25 bits per heavy atom. The van der Waals surface area contributed by atoms with Crippen LogP contribution in [0.1, 0.15) is 13.3 Å². The van der Waals surface area contributed by atoms with Crippen LogP contribution in [-0.4, -0.2) is 24.3 Å². The molecular formula is C6H14NO. The van der Waals surface area contributed by atoms with Crippen molar-refractivity contribution >= 4 is 0 Å². The molecule has 0 amide bonds. The molecule has 0 saturated carbocycles. The average molecular weight is 116 g/mol. The van der Waals surface area contributed by atoms with Crippen LogP contribution >= 0.6 is 0 Å².